The number of hydrogen-bond acceptors (Lipinski definition) is 1. The summed E-state index contributed by atoms with van der Waals surface area (Å²) in [4.78, 5) is 14.1. The van der Waals surface area contributed by atoms with Gasteiger partial charge >= 0.3 is 0 Å². The Kier molecular flexibility index (Phi) is 4.72. The highest BCUT2D eigenvalue weighted by molar-refractivity contribution is 5.95. The van der Waals surface area contributed by atoms with Crippen molar-refractivity contribution in [3.05, 3.63) is 64.2 Å². The maximum atomic E-state index is 12.8. The molecular formula is C21H27N2O+. The summed E-state index contributed by atoms with van der Waals surface area (Å²) < 4.78 is 0. The Morgan fingerprint density at radius 1 is 1.08 bits per heavy atom. The van der Waals surface area contributed by atoms with Gasteiger partial charge in [0.25, 0.3) is 5.91 Å². The molecule has 1 amide bonds. The van der Waals surface area contributed by atoms with Gasteiger partial charge in [-0.05, 0) is 44.4 Å². The van der Waals surface area contributed by atoms with Crippen molar-refractivity contribution < 1.29 is 9.69 Å². The number of aryl methyl sites for hydroxylation is 3. The molecule has 126 valence electrons. The molecule has 2 aromatic carbocycles. The lowest BCUT2D eigenvalue weighted by Gasteiger charge is -2.30. The van der Waals surface area contributed by atoms with Crippen molar-refractivity contribution in [2.45, 2.75) is 46.7 Å². The molecule has 0 saturated carbocycles. The minimum Gasteiger partial charge on any atom is -0.321 e. The first-order valence-corrected chi connectivity index (χ1v) is 8.76. The lowest BCUT2D eigenvalue weighted by Crippen LogP contribution is -3.16. The molecule has 2 aromatic rings. The van der Waals surface area contributed by atoms with E-state index in [1.807, 2.05) is 6.92 Å². The van der Waals surface area contributed by atoms with Gasteiger partial charge in [0, 0.05) is 17.7 Å². The molecule has 0 fully saturated rings. The maximum absolute atomic E-state index is 12.8. The van der Waals surface area contributed by atoms with Crippen molar-refractivity contribution in [3.63, 3.8) is 0 Å². The van der Waals surface area contributed by atoms with E-state index in [9.17, 15) is 4.79 Å². The molecular weight excluding hydrogens is 296 g/mol. The first kappa shape index (κ1) is 16.7. The third-order valence-electron chi connectivity index (χ3n) is 5.18. The molecule has 24 heavy (non-hydrogen) atoms. The number of benzene rings is 2. The molecule has 0 spiro atoms. The standard InChI is InChI=1S/C21H26N2O/c1-14-11-15(2)20(16(3)12-14)22-21(24)17(4)23-10-9-18-7-5-6-8-19(18)13-23/h5-8,11-12,17H,9-10,13H2,1-4H3,(H,22,24)/p+1/t17-/m0/s1. The number of nitrogens with one attached hydrogen (secondary N) is 2. The van der Waals surface area contributed by atoms with Crippen molar-refractivity contribution >= 4 is 11.6 Å². The van der Waals surface area contributed by atoms with Gasteiger partial charge in [0.2, 0.25) is 0 Å². The molecule has 0 aliphatic carbocycles. The average molecular weight is 323 g/mol. The summed E-state index contributed by atoms with van der Waals surface area (Å²) in [6.45, 7) is 10.2. The third kappa shape index (κ3) is 3.36. The molecule has 2 N–H and O–H groups in total. The van der Waals surface area contributed by atoms with Gasteiger partial charge in [-0.1, -0.05) is 42.0 Å². The van der Waals surface area contributed by atoms with Gasteiger partial charge in [-0.25, -0.2) is 0 Å². The van der Waals surface area contributed by atoms with Crippen molar-refractivity contribution in [2.24, 2.45) is 0 Å². The fraction of sp³-hybridized carbons (Fsp3) is 0.381. The van der Waals surface area contributed by atoms with Gasteiger partial charge in [-0.15, -0.1) is 0 Å². The Balaban J connectivity index is 1.72. The second kappa shape index (κ2) is 6.78. The largest absolute Gasteiger partial charge is 0.321 e. The lowest BCUT2D eigenvalue weighted by atomic mass is 9.98. The molecule has 1 aliphatic rings. The van der Waals surface area contributed by atoms with Gasteiger partial charge in [0.05, 0.1) is 6.54 Å². The number of rotatable bonds is 3. The average Bonchev–Trinajstić information content (AvgIpc) is 2.56. The van der Waals surface area contributed by atoms with Crippen LogP contribution in [0.15, 0.2) is 36.4 Å². The first-order chi connectivity index (χ1) is 11.5. The number of amides is 1. The molecule has 2 atom stereocenters. The smallest absolute Gasteiger partial charge is 0.282 e. The third-order valence-corrected chi connectivity index (χ3v) is 5.18. The lowest BCUT2D eigenvalue weighted by molar-refractivity contribution is -0.929. The zero-order valence-electron chi connectivity index (χ0n) is 15.1. The van der Waals surface area contributed by atoms with E-state index in [-0.39, 0.29) is 11.9 Å². The maximum Gasteiger partial charge on any atom is 0.282 e. The van der Waals surface area contributed by atoms with Crippen LogP contribution in [0.1, 0.15) is 34.7 Å². The fourth-order valence-corrected chi connectivity index (χ4v) is 3.77. The van der Waals surface area contributed by atoms with Crippen LogP contribution in [0.25, 0.3) is 0 Å². The molecule has 0 radical (unpaired) electrons. The molecule has 0 saturated heterocycles. The topological polar surface area (TPSA) is 33.5 Å². The predicted octanol–water partition coefficient (Wildman–Crippen LogP) is 2.58. The Hall–Kier alpha value is -2.13. The highest BCUT2D eigenvalue weighted by Gasteiger charge is 2.29. The van der Waals surface area contributed by atoms with Crippen LogP contribution >= 0.6 is 0 Å². The van der Waals surface area contributed by atoms with E-state index in [0.29, 0.717) is 0 Å². The number of hydrogen-bond donors (Lipinski definition) is 2. The van der Waals surface area contributed by atoms with Crippen molar-refractivity contribution in [2.75, 3.05) is 11.9 Å². The molecule has 1 heterocycles. The minimum atomic E-state index is -0.0570. The van der Waals surface area contributed by atoms with Crippen LogP contribution in [-0.2, 0) is 17.8 Å². The summed E-state index contributed by atoms with van der Waals surface area (Å²) in [5, 5.41) is 3.17. The first-order valence-electron chi connectivity index (χ1n) is 8.76. The highest BCUT2D eigenvalue weighted by Crippen LogP contribution is 2.22. The highest BCUT2D eigenvalue weighted by atomic mass is 16.2. The van der Waals surface area contributed by atoms with E-state index in [2.05, 4.69) is 62.5 Å². The number of carbonyl (C=O) groups is 1. The Morgan fingerprint density at radius 2 is 1.71 bits per heavy atom. The van der Waals surface area contributed by atoms with E-state index < -0.39 is 0 Å². The number of fused-ring (bicyclic) bond motifs is 1. The molecule has 1 unspecified atom stereocenters. The Bertz CT molecular complexity index is 743. The summed E-state index contributed by atoms with van der Waals surface area (Å²) in [5.74, 6) is 0.111. The van der Waals surface area contributed by atoms with E-state index in [1.54, 1.807) is 0 Å². The number of quaternary nitrogens is 1. The van der Waals surface area contributed by atoms with Gasteiger partial charge in [0.15, 0.2) is 6.04 Å². The molecule has 0 bridgehead atoms. The van der Waals surface area contributed by atoms with Crippen LogP contribution in [0.2, 0.25) is 0 Å². The van der Waals surface area contributed by atoms with Crippen LogP contribution in [0.5, 0.6) is 0 Å². The number of carbonyl (C=O) groups excluding carboxylic acids is 1. The van der Waals surface area contributed by atoms with Gasteiger partial charge in [0.1, 0.15) is 6.54 Å². The summed E-state index contributed by atoms with van der Waals surface area (Å²) in [7, 11) is 0. The fourth-order valence-electron chi connectivity index (χ4n) is 3.77. The van der Waals surface area contributed by atoms with Crippen molar-refractivity contribution in [3.8, 4) is 0 Å². The summed E-state index contributed by atoms with van der Waals surface area (Å²) in [6.07, 6.45) is 1.05. The quantitative estimate of drug-likeness (QED) is 0.894. The zero-order chi connectivity index (χ0) is 17.3. The van der Waals surface area contributed by atoms with Crippen molar-refractivity contribution in [1.29, 1.82) is 0 Å². The Morgan fingerprint density at radius 3 is 2.38 bits per heavy atom. The molecule has 3 heteroatoms. The summed E-state index contributed by atoms with van der Waals surface area (Å²) >= 11 is 0. The Labute approximate surface area is 144 Å². The normalized spacial score (nSPS) is 17.9. The summed E-state index contributed by atoms with van der Waals surface area (Å²) in [5.41, 5.74) is 7.27. The van der Waals surface area contributed by atoms with Crippen LogP contribution in [0.3, 0.4) is 0 Å². The van der Waals surface area contributed by atoms with Crippen LogP contribution in [-0.4, -0.2) is 18.5 Å². The second-order valence-corrected chi connectivity index (χ2v) is 7.09. The summed E-state index contributed by atoms with van der Waals surface area (Å²) in [6, 6.07) is 12.8. The van der Waals surface area contributed by atoms with Crippen LogP contribution in [0, 0.1) is 20.8 Å². The molecule has 0 aromatic heterocycles. The number of anilines is 1. The van der Waals surface area contributed by atoms with E-state index in [0.717, 1.165) is 36.3 Å². The van der Waals surface area contributed by atoms with Crippen molar-refractivity contribution in [1.82, 2.24) is 0 Å². The van der Waals surface area contributed by atoms with Crippen LogP contribution in [0.4, 0.5) is 5.69 Å². The van der Waals surface area contributed by atoms with Gasteiger partial charge in [-0.2, -0.15) is 0 Å². The molecule has 3 nitrogen and oxygen atoms in total. The van der Waals surface area contributed by atoms with E-state index >= 15 is 0 Å². The van der Waals surface area contributed by atoms with Gasteiger partial charge < -0.3 is 10.2 Å². The molecule has 3 rings (SSSR count). The van der Waals surface area contributed by atoms with Crippen LogP contribution < -0.4 is 10.2 Å². The zero-order valence-corrected chi connectivity index (χ0v) is 15.1. The molecule has 1 aliphatic heterocycles. The van der Waals surface area contributed by atoms with Gasteiger partial charge in [-0.3, -0.25) is 4.79 Å². The predicted molar refractivity (Wildman–Crippen MR) is 98.4 cm³/mol. The van der Waals surface area contributed by atoms with E-state index in [4.69, 9.17) is 0 Å². The second-order valence-electron chi connectivity index (χ2n) is 7.09. The minimum absolute atomic E-state index is 0.0570. The SMILES string of the molecule is Cc1cc(C)c(NC(=O)[C@H](C)[NH+]2CCc3ccccc3C2)c(C)c1. The van der Waals surface area contributed by atoms with E-state index in [1.165, 1.54) is 21.6 Å². The monoisotopic (exact) mass is 323 g/mol.